The quantitative estimate of drug-likeness (QED) is 0.426. The fourth-order valence-corrected chi connectivity index (χ4v) is 5.17. The summed E-state index contributed by atoms with van der Waals surface area (Å²) < 4.78 is 5.77. The van der Waals surface area contributed by atoms with Gasteiger partial charge in [0, 0.05) is 35.9 Å². The minimum absolute atomic E-state index is 0.190. The second-order valence-corrected chi connectivity index (χ2v) is 10.0. The molecule has 2 fully saturated rings. The minimum Gasteiger partial charge on any atom is -0.485 e. The number of nitrogens with zero attached hydrogens (tertiary/aromatic N) is 2. The van der Waals surface area contributed by atoms with Gasteiger partial charge >= 0.3 is 0 Å². The van der Waals surface area contributed by atoms with Crippen molar-refractivity contribution in [2.45, 2.75) is 52.1 Å². The van der Waals surface area contributed by atoms with Gasteiger partial charge in [0.05, 0.1) is 6.54 Å². The van der Waals surface area contributed by atoms with Crippen molar-refractivity contribution in [3.63, 3.8) is 0 Å². The Balaban J connectivity index is 1.33. The highest BCUT2D eigenvalue weighted by molar-refractivity contribution is 6.05. The Hall–Kier alpha value is -3.20. The molecule has 3 heterocycles. The van der Waals surface area contributed by atoms with Gasteiger partial charge in [-0.3, -0.25) is 29.4 Å². The summed E-state index contributed by atoms with van der Waals surface area (Å²) in [5.41, 5.74) is 7.73. The number of benzene rings is 1. The molecule has 35 heavy (non-hydrogen) atoms. The summed E-state index contributed by atoms with van der Waals surface area (Å²) in [5.74, 6) is 0.549. The molecule has 9 nitrogen and oxygen atoms in total. The van der Waals surface area contributed by atoms with Gasteiger partial charge in [-0.15, -0.1) is 0 Å². The maximum Gasteiger partial charge on any atom is 0.255 e. The molecule has 1 aromatic rings. The molecule has 2 saturated heterocycles. The van der Waals surface area contributed by atoms with Crippen molar-refractivity contribution in [3.8, 4) is 5.75 Å². The van der Waals surface area contributed by atoms with Gasteiger partial charge in [0.1, 0.15) is 11.8 Å². The van der Waals surface area contributed by atoms with Crippen LogP contribution < -0.4 is 15.8 Å². The van der Waals surface area contributed by atoms with Crippen LogP contribution in [0.5, 0.6) is 5.75 Å². The Kier molecular flexibility index (Phi) is 7.54. The SMILES string of the molecule is CC(C)C1CCN(CC(N)=CC(=O)COc2cccc3c2CN(C2CCC(=O)NC2=O)C3=O)CC1. The van der Waals surface area contributed by atoms with Crippen LogP contribution in [-0.2, 0) is 20.9 Å². The van der Waals surface area contributed by atoms with Gasteiger partial charge in [-0.05, 0) is 56.3 Å². The molecule has 3 amide bonds. The van der Waals surface area contributed by atoms with E-state index in [4.69, 9.17) is 10.5 Å². The number of carbonyl (C=O) groups excluding carboxylic acids is 4. The summed E-state index contributed by atoms with van der Waals surface area (Å²) in [5, 5.41) is 2.29. The summed E-state index contributed by atoms with van der Waals surface area (Å²) >= 11 is 0. The second-order valence-electron chi connectivity index (χ2n) is 10.0. The zero-order valence-electron chi connectivity index (χ0n) is 20.4. The number of ketones is 1. The van der Waals surface area contributed by atoms with E-state index in [2.05, 4.69) is 24.1 Å². The van der Waals surface area contributed by atoms with Crippen molar-refractivity contribution in [3.05, 3.63) is 41.1 Å². The normalized spacial score (nSPS) is 21.9. The number of nitrogens with one attached hydrogen (secondary N) is 1. The van der Waals surface area contributed by atoms with Crippen LogP contribution in [0.25, 0.3) is 0 Å². The molecule has 1 unspecified atom stereocenters. The van der Waals surface area contributed by atoms with E-state index < -0.39 is 11.9 Å². The summed E-state index contributed by atoms with van der Waals surface area (Å²) in [7, 11) is 0. The largest absolute Gasteiger partial charge is 0.485 e. The van der Waals surface area contributed by atoms with E-state index in [1.807, 2.05) is 0 Å². The zero-order chi connectivity index (χ0) is 25.1. The zero-order valence-corrected chi connectivity index (χ0v) is 20.4. The molecular weight excluding hydrogens is 448 g/mol. The summed E-state index contributed by atoms with van der Waals surface area (Å²) in [6.07, 6.45) is 4.21. The van der Waals surface area contributed by atoms with Crippen LogP contribution in [0.4, 0.5) is 0 Å². The van der Waals surface area contributed by atoms with E-state index in [1.165, 1.54) is 11.0 Å². The van der Waals surface area contributed by atoms with E-state index in [-0.39, 0.29) is 43.6 Å². The summed E-state index contributed by atoms with van der Waals surface area (Å²) in [6.45, 7) is 7.04. The van der Waals surface area contributed by atoms with Crippen LogP contribution in [0.2, 0.25) is 0 Å². The average molecular weight is 483 g/mol. The van der Waals surface area contributed by atoms with E-state index in [1.54, 1.807) is 18.2 Å². The smallest absolute Gasteiger partial charge is 0.255 e. The number of imide groups is 1. The predicted molar refractivity (Wildman–Crippen MR) is 129 cm³/mol. The monoisotopic (exact) mass is 482 g/mol. The van der Waals surface area contributed by atoms with Crippen molar-refractivity contribution in [1.82, 2.24) is 15.1 Å². The van der Waals surface area contributed by atoms with Crippen LogP contribution in [0.15, 0.2) is 30.0 Å². The van der Waals surface area contributed by atoms with E-state index in [0.29, 0.717) is 35.0 Å². The molecule has 1 aromatic carbocycles. The number of carbonyl (C=O) groups is 4. The molecule has 3 aliphatic heterocycles. The number of piperidine rings is 2. The number of fused-ring (bicyclic) bond motifs is 1. The summed E-state index contributed by atoms with van der Waals surface area (Å²) in [6, 6.07) is 4.38. The van der Waals surface area contributed by atoms with E-state index in [0.717, 1.165) is 31.8 Å². The van der Waals surface area contributed by atoms with Crippen LogP contribution >= 0.6 is 0 Å². The molecule has 4 rings (SSSR count). The van der Waals surface area contributed by atoms with Crippen LogP contribution in [-0.4, -0.2) is 65.6 Å². The first-order valence-corrected chi connectivity index (χ1v) is 12.3. The maximum atomic E-state index is 12.9. The minimum atomic E-state index is -0.699. The Morgan fingerprint density at radius 2 is 1.94 bits per heavy atom. The Morgan fingerprint density at radius 1 is 1.20 bits per heavy atom. The van der Waals surface area contributed by atoms with Crippen LogP contribution in [0.3, 0.4) is 0 Å². The van der Waals surface area contributed by atoms with Gasteiger partial charge < -0.3 is 15.4 Å². The molecule has 188 valence electrons. The summed E-state index contributed by atoms with van der Waals surface area (Å²) in [4.78, 5) is 52.9. The number of hydrogen-bond donors (Lipinski definition) is 2. The standard InChI is InChI=1S/C26H34N4O5/c1-16(2)17-8-10-29(11-9-17)13-18(27)12-19(31)15-35-23-5-3-4-20-21(23)14-30(26(20)34)22-6-7-24(32)28-25(22)33/h3-5,12,16-17,22H,6-11,13-15,27H2,1-2H3,(H,28,32,33). The van der Waals surface area contributed by atoms with E-state index in [9.17, 15) is 19.2 Å². The van der Waals surface area contributed by atoms with Gasteiger partial charge in [-0.25, -0.2) is 0 Å². The molecule has 3 N–H and O–H groups in total. The fourth-order valence-electron chi connectivity index (χ4n) is 5.17. The molecule has 0 aliphatic carbocycles. The van der Waals surface area contributed by atoms with Crippen molar-refractivity contribution < 1.29 is 23.9 Å². The third-order valence-electron chi connectivity index (χ3n) is 7.24. The maximum absolute atomic E-state index is 12.9. The number of rotatable bonds is 8. The number of likely N-dealkylation sites (tertiary alicyclic amines) is 1. The highest BCUT2D eigenvalue weighted by Gasteiger charge is 2.40. The van der Waals surface area contributed by atoms with Crippen molar-refractivity contribution >= 4 is 23.5 Å². The molecule has 0 spiro atoms. The molecule has 3 aliphatic rings. The van der Waals surface area contributed by atoms with Crippen molar-refractivity contribution in [2.75, 3.05) is 26.2 Å². The second kappa shape index (κ2) is 10.6. The molecule has 0 radical (unpaired) electrons. The lowest BCUT2D eigenvalue weighted by Gasteiger charge is -2.33. The van der Waals surface area contributed by atoms with Gasteiger partial charge in [-0.2, -0.15) is 0 Å². The number of ether oxygens (including phenoxy) is 1. The molecule has 0 bridgehead atoms. The van der Waals surface area contributed by atoms with Crippen molar-refractivity contribution in [1.29, 1.82) is 0 Å². The highest BCUT2D eigenvalue weighted by Crippen LogP contribution is 2.33. The lowest BCUT2D eigenvalue weighted by atomic mass is 9.87. The molecule has 9 heteroatoms. The first kappa shape index (κ1) is 24.9. The lowest BCUT2D eigenvalue weighted by molar-refractivity contribution is -0.136. The Morgan fingerprint density at radius 3 is 2.63 bits per heavy atom. The lowest BCUT2D eigenvalue weighted by Crippen LogP contribution is -2.52. The number of amides is 3. The van der Waals surface area contributed by atoms with Gasteiger partial charge in [-0.1, -0.05) is 19.9 Å². The van der Waals surface area contributed by atoms with Gasteiger partial charge in [0.2, 0.25) is 11.8 Å². The van der Waals surface area contributed by atoms with Gasteiger partial charge in [0.25, 0.3) is 5.91 Å². The molecule has 1 atom stereocenters. The Bertz CT molecular complexity index is 1040. The number of nitrogens with two attached hydrogens (primary N) is 1. The van der Waals surface area contributed by atoms with Crippen LogP contribution in [0, 0.1) is 11.8 Å². The molecule has 0 aromatic heterocycles. The molecule has 0 saturated carbocycles. The van der Waals surface area contributed by atoms with E-state index >= 15 is 0 Å². The average Bonchev–Trinajstić information content (AvgIpc) is 3.15. The Labute approximate surface area is 205 Å². The predicted octanol–water partition coefficient (Wildman–Crippen LogP) is 1.61. The molecular formula is C26H34N4O5. The van der Waals surface area contributed by atoms with Crippen molar-refractivity contribution in [2.24, 2.45) is 17.6 Å². The third kappa shape index (κ3) is 5.73. The third-order valence-corrected chi connectivity index (χ3v) is 7.24. The van der Waals surface area contributed by atoms with Crippen LogP contribution in [0.1, 0.15) is 55.5 Å². The van der Waals surface area contributed by atoms with Gasteiger partial charge in [0.15, 0.2) is 12.4 Å². The first-order valence-electron chi connectivity index (χ1n) is 12.3. The fraction of sp³-hybridized carbons (Fsp3) is 0.538. The number of hydrogen-bond acceptors (Lipinski definition) is 7. The highest BCUT2D eigenvalue weighted by atomic mass is 16.5. The topological polar surface area (TPSA) is 122 Å². The first-order chi connectivity index (χ1) is 16.7.